The standard InChI is InChI=1S/C15H22F2N2/c1-15(2,3)13-10-19(9-5-8-18-13)14-11(16)6-4-7-12(14)17/h4,6-7,13,18H,5,8-10H2,1-3H3. The summed E-state index contributed by atoms with van der Waals surface area (Å²) in [6, 6.07) is 4.27. The lowest BCUT2D eigenvalue weighted by Crippen LogP contribution is -2.46. The third-order valence-corrected chi connectivity index (χ3v) is 3.70. The van der Waals surface area contributed by atoms with E-state index in [-0.39, 0.29) is 17.1 Å². The first-order valence-electron chi connectivity index (χ1n) is 6.82. The molecule has 1 fully saturated rings. The van der Waals surface area contributed by atoms with Crippen LogP contribution in [0.4, 0.5) is 14.5 Å². The highest BCUT2D eigenvalue weighted by atomic mass is 19.1. The van der Waals surface area contributed by atoms with Crippen molar-refractivity contribution in [1.82, 2.24) is 5.32 Å². The molecule has 106 valence electrons. The van der Waals surface area contributed by atoms with Crippen LogP contribution in [-0.4, -0.2) is 25.7 Å². The Bertz CT molecular complexity index is 420. The van der Waals surface area contributed by atoms with Gasteiger partial charge in [0.25, 0.3) is 0 Å². The molecule has 0 aromatic heterocycles. The zero-order valence-electron chi connectivity index (χ0n) is 11.8. The van der Waals surface area contributed by atoms with Crippen LogP contribution in [0.15, 0.2) is 18.2 Å². The fourth-order valence-corrected chi connectivity index (χ4v) is 2.50. The Morgan fingerprint density at radius 3 is 2.42 bits per heavy atom. The lowest BCUT2D eigenvalue weighted by molar-refractivity contribution is 0.280. The van der Waals surface area contributed by atoms with Gasteiger partial charge in [-0.3, -0.25) is 0 Å². The van der Waals surface area contributed by atoms with Crippen LogP contribution >= 0.6 is 0 Å². The van der Waals surface area contributed by atoms with Gasteiger partial charge in [0, 0.05) is 19.1 Å². The second kappa shape index (κ2) is 5.45. The maximum Gasteiger partial charge on any atom is 0.149 e. The van der Waals surface area contributed by atoms with E-state index in [1.807, 2.05) is 4.90 Å². The smallest absolute Gasteiger partial charge is 0.149 e. The third kappa shape index (κ3) is 3.24. The van der Waals surface area contributed by atoms with Gasteiger partial charge in [-0.25, -0.2) is 8.78 Å². The number of rotatable bonds is 1. The molecule has 0 saturated carbocycles. The van der Waals surface area contributed by atoms with Gasteiger partial charge in [-0.1, -0.05) is 26.8 Å². The summed E-state index contributed by atoms with van der Waals surface area (Å²) < 4.78 is 27.8. The Hall–Kier alpha value is -1.16. The zero-order valence-corrected chi connectivity index (χ0v) is 11.8. The molecule has 1 aliphatic rings. The van der Waals surface area contributed by atoms with E-state index in [9.17, 15) is 8.78 Å². The largest absolute Gasteiger partial charge is 0.365 e. The van der Waals surface area contributed by atoms with Crippen LogP contribution in [-0.2, 0) is 0 Å². The molecule has 2 nitrogen and oxygen atoms in total. The molecule has 0 aliphatic carbocycles. The number of nitrogens with zero attached hydrogens (tertiary/aromatic N) is 1. The summed E-state index contributed by atoms with van der Waals surface area (Å²) in [5.74, 6) is -0.955. The first kappa shape index (κ1) is 14.3. The van der Waals surface area contributed by atoms with E-state index >= 15 is 0 Å². The van der Waals surface area contributed by atoms with E-state index in [1.165, 1.54) is 18.2 Å². The first-order chi connectivity index (χ1) is 8.89. The van der Waals surface area contributed by atoms with Crippen molar-refractivity contribution in [3.63, 3.8) is 0 Å². The predicted octanol–water partition coefficient (Wildman–Crippen LogP) is 3.18. The second-order valence-corrected chi connectivity index (χ2v) is 6.24. The molecule has 1 aromatic rings. The van der Waals surface area contributed by atoms with Gasteiger partial charge in [0.2, 0.25) is 0 Å². The number of hydrogen-bond acceptors (Lipinski definition) is 2. The van der Waals surface area contributed by atoms with Crippen LogP contribution < -0.4 is 10.2 Å². The van der Waals surface area contributed by atoms with Gasteiger partial charge in [0.05, 0.1) is 0 Å². The van der Waals surface area contributed by atoms with Crippen LogP contribution in [0.3, 0.4) is 0 Å². The van der Waals surface area contributed by atoms with Gasteiger partial charge in [0.1, 0.15) is 17.3 Å². The summed E-state index contributed by atoms with van der Waals surface area (Å²) in [6.07, 6.45) is 0.889. The van der Waals surface area contributed by atoms with Crippen molar-refractivity contribution in [2.75, 3.05) is 24.5 Å². The quantitative estimate of drug-likeness (QED) is 0.841. The maximum atomic E-state index is 13.9. The summed E-state index contributed by atoms with van der Waals surface area (Å²) in [7, 11) is 0. The van der Waals surface area contributed by atoms with Gasteiger partial charge in [0.15, 0.2) is 0 Å². The van der Waals surface area contributed by atoms with Gasteiger partial charge in [-0.15, -0.1) is 0 Å². The minimum absolute atomic E-state index is 0.0598. The molecule has 1 unspecified atom stereocenters. The van der Waals surface area contributed by atoms with Crippen molar-refractivity contribution in [3.05, 3.63) is 29.8 Å². The summed E-state index contributed by atoms with van der Waals surface area (Å²) in [5, 5.41) is 3.47. The fourth-order valence-electron chi connectivity index (χ4n) is 2.50. The molecule has 4 heteroatoms. The summed E-state index contributed by atoms with van der Waals surface area (Å²) in [4.78, 5) is 1.83. The lowest BCUT2D eigenvalue weighted by Gasteiger charge is -2.34. The van der Waals surface area contributed by atoms with E-state index in [0.717, 1.165) is 13.0 Å². The van der Waals surface area contributed by atoms with Crippen LogP contribution in [0.1, 0.15) is 27.2 Å². The third-order valence-electron chi connectivity index (χ3n) is 3.70. The monoisotopic (exact) mass is 268 g/mol. The molecule has 1 atom stereocenters. The number of hydrogen-bond donors (Lipinski definition) is 1. The summed E-state index contributed by atoms with van der Waals surface area (Å²) >= 11 is 0. The van der Waals surface area contributed by atoms with Crippen LogP contribution in [0.25, 0.3) is 0 Å². The Balaban J connectivity index is 2.28. The molecule has 2 rings (SSSR count). The van der Waals surface area contributed by atoms with E-state index in [4.69, 9.17) is 0 Å². The Labute approximate surface area is 113 Å². The van der Waals surface area contributed by atoms with Crippen LogP contribution in [0.2, 0.25) is 0 Å². The second-order valence-electron chi connectivity index (χ2n) is 6.24. The average Bonchev–Trinajstić information content (AvgIpc) is 2.54. The highest BCUT2D eigenvalue weighted by Gasteiger charge is 2.29. The topological polar surface area (TPSA) is 15.3 Å². The van der Waals surface area contributed by atoms with Crippen molar-refractivity contribution >= 4 is 5.69 Å². The number of para-hydroxylation sites is 1. The predicted molar refractivity (Wildman–Crippen MR) is 74.4 cm³/mol. The highest BCUT2D eigenvalue weighted by Crippen LogP contribution is 2.28. The number of anilines is 1. The van der Waals surface area contributed by atoms with E-state index in [1.54, 1.807) is 0 Å². The van der Waals surface area contributed by atoms with Crippen molar-refractivity contribution in [2.24, 2.45) is 5.41 Å². The number of benzene rings is 1. The van der Waals surface area contributed by atoms with E-state index < -0.39 is 11.6 Å². The molecule has 0 amide bonds. The van der Waals surface area contributed by atoms with E-state index in [2.05, 4.69) is 26.1 Å². The van der Waals surface area contributed by atoms with Crippen molar-refractivity contribution in [3.8, 4) is 0 Å². The van der Waals surface area contributed by atoms with E-state index in [0.29, 0.717) is 13.1 Å². The number of nitrogens with one attached hydrogen (secondary N) is 1. The minimum atomic E-state index is -0.477. The minimum Gasteiger partial charge on any atom is -0.365 e. The maximum absolute atomic E-state index is 13.9. The molecule has 1 aliphatic heterocycles. The highest BCUT2D eigenvalue weighted by molar-refractivity contribution is 5.49. The van der Waals surface area contributed by atoms with Crippen molar-refractivity contribution < 1.29 is 8.78 Å². The molecule has 1 heterocycles. The van der Waals surface area contributed by atoms with Crippen molar-refractivity contribution in [1.29, 1.82) is 0 Å². The Kier molecular flexibility index (Phi) is 4.09. The fraction of sp³-hybridized carbons (Fsp3) is 0.600. The molecular weight excluding hydrogens is 246 g/mol. The SMILES string of the molecule is CC(C)(C)C1CN(c2c(F)cccc2F)CCCN1. The normalized spacial score (nSPS) is 21.3. The Morgan fingerprint density at radius 2 is 1.84 bits per heavy atom. The zero-order chi connectivity index (χ0) is 14.0. The van der Waals surface area contributed by atoms with Crippen LogP contribution in [0.5, 0.6) is 0 Å². The molecule has 1 saturated heterocycles. The van der Waals surface area contributed by atoms with Gasteiger partial charge in [-0.2, -0.15) is 0 Å². The Morgan fingerprint density at radius 1 is 1.21 bits per heavy atom. The number of halogens is 2. The molecule has 1 aromatic carbocycles. The molecule has 19 heavy (non-hydrogen) atoms. The molecular formula is C15H22F2N2. The first-order valence-corrected chi connectivity index (χ1v) is 6.82. The van der Waals surface area contributed by atoms with Crippen LogP contribution in [0, 0.1) is 17.0 Å². The average molecular weight is 268 g/mol. The van der Waals surface area contributed by atoms with Gasteiger partial charge < -0.3 is 10.2 Å². The van der Waals surface area contributed by atoms with Crippen molar-refractivity contribution in [2.45, 2.75) is 33.2 Å². The molecule has 0 bridgehead atoms. The lowest BCUT2D eigenvalue weighted by atomic mass is 9.86. The van der Waals surface area contributed by atoms with Gasteiger partial charge in [-0.05, 0) is 30.5 Å². The summed E-state index contributed by atoms with van der Waals surface area (Å²) in [5.41, 5.74) is 0.171. The molecule has 0 spiro atoms. The molecule has 0 radical (unpaired) electrons. The summed E-state index contributed by atoms with van der Waals surface area (Å²) in [6.45, 7) is 8.62. The molecule has 1 N–H and O–H groups in total. The van der Waals surface area contributed by atoms with Gasteiger partial charge >= 0.3 is 0 Å².